The Morgan fingerprint density at radius 3 is 2.59 bits per heavy atom. The first-order valence-corrected chi connectivity index (χ1v) is 10.3. The summed E-state index contributed by atoms with van der Waals surface area (Å²) >= 11 is 6.10. The quantitative estimate of drug-likeness (QED) is 0.627. The van der Waals surface area contributed by atoms with Gasteiger partial charge in [-0.05, 0) is 54.5 Å². The van der Waals surface area contributed by atoms with E-state index in [2.05, 4.69) is 10.6 Å². The number of nitrogens with one attached hydrogen (secondary N) is 2. The molecule has 1 aliphatic rings. The minimum atomic E-state index is -0.687. The van der Waals surface area contributed by atoms with Gasteiger partial charge in [0.1, 0.15) is 6.04 Å². The molecule has 1 aliphatic carbocycles. The van der Waals surface area contributed by atoms with E-state index < -0.39 is 6.04 Å². The predicted octanol–water partition coefficient (Wildman–Crippen LogP) is 4.66. The van der Waals surface area contributed by atoms with Crippen LogP contribution in [0.4, 0.5) is 5.69 Å². The van der Waals surface area contributed by atoms with Crippen LogP contribution in [0.2, 0.25) is 5.02 Å². The Hall–Kier alpha value is -2.37. The van der Waals surface area contributed by atoms with E-state index in [0.29, 0.717) is 28.8 Å². The fourth-order valence-corrected chi connectivity index (χ4v) is 3.21. The van der Waals surface area contributed by atoms with Gasteiger partial charge >= 0.3 is 0 Å². The van der Waals surface area contributed by atoms with Crippen LogP contribution < -0.4 is 10.6 Å². The number of anilines is 1. The average Bonchev–Trinajstić information content (AvgIpc) is 3.50. The van der Waals surface area contributed by atoms with Crippen molar-refractivity contribution in [2.24, 2.45) is 11.8 Å². The molecular formula is C23H27ClN2O3. The smallest absolute Gasteiger partial charge is 0.253 e. The number of carbonyl (C=O) groups excluding carboxylic acids is 2. The highest BCUT2D eigenvalue weighted by atomic mass is 35.5. The Morgan fingerprint density at radius 1 is 1.14 bits per heavy atom. The first-order chi connectivity index (χ1) is 13.9. The maximum Gasteiger partial charge on any atom is 0.253 e. The highest BCUT2D eigenvalue weighted by Gasteiger charge is 2.25. The number of rotatable bonds is 9. The van der Waals surface area contributed by atoms with E-state index >= 15 is 0 Å². The Kier molecular flexibility index (Phi) is 7.29. The molecule has 0 radical (unpaired) electrons. The van der Waals surface area contributed by atoms with Crippen molar-refractivity contribution in [2.75, 3.05) is 11.9 Å². The summed E-state index contributed by atoms with van der Waals surface area (Å²) in [6, 6.07) is 13.7. The van der Waals surface area contributed by atoms with Gasteiger partial charge in [0.15, 0.2) is 0 Å². The van der Waals surface area contributed by atoms with Crippen molar-refractivity contribution < 1.29 is 14.3 Å². The van der Waals surface area contributed by atoms with Crippen LogP contribution in [0.1, 0.15) is 42.6 Å². The largest absolute Gasteiger partial charge is 0.376 e. The molecule has 1 unspecified atom stereocenters. The van der Waals surface area contributed by atoms with Gasteiger partial charge in [-0.2, -0.15) is 0 Å². The van der Waals surface area contributed by atoms with Crippen LogP contribution in [-0.4, -0.2) is 24.5 Å². The highest BCUT2D eigenvalue weighted by molar-refractivity contribution is 6.33. The molecule has 2 aromatic carbocycles. The molecule has 6 heteroatoms. The number of amides is 2. The lowest BCUT2D eigenvalue weighted by molar-refractivity contribution is -0.118. The van der Waals surface area contributed by atoms with E-state index in [9.17, 15) is 9.59 Å². The van der Waals surface area contributed by atoms with E-state index in [0.717, 1.165) is 12.2 Å². The topological polar surface area (TPSA) is 67.4 Å². The average molecular weight is 415 g/mol. The van der Waals surface area contributed by atoms with Crippen LogP contribution in [-0.2, 0) is 16.1 Å². The third kappa shape index (κ3) is 6.31. The number of ether oxygens (including phenoxy) is 1. The van der Waals surface area contributed by atoms with Crippen LogP contribution in [0.25, 0.3) is 0 Å². The lowest BCUT2D eigenvalue weighted by Crippen LogP contribution is -2.47. The van der Waals surface area contributed by atoms with E-state index in [-0.39, 0.29) is 17.7 Å². The number of hydrogen-bond acceptors (Lipinski definition) is 3. The molecule has 1 atom stereocenters. The Bertz CT molecular complexity index is 865. The summed E-state index contributed by atoms with van der Waals surface area (Å²) in [5.41, 5.74) is 2.03. The normalized spacial score (nSPS) is 14.5. The standard InChI is InChI=1S/C23H27ClN2O3/c1-15(2)21(26-22(27)19-8-3-4-9-20(19)24)23(28)25-18-7-5-6-17(12-18)14-29-13-16-10-11-16/h3-9,12,15-16,21H,10-11,13-14H2,1-2H3,(H,25,28)(H,26,27). The maximum absolute atomic E-state index is 12.8. The zero-order chi connectivity index (χ0) is 20.8. The third-order valence-electron chi connectivity index (χ3n) is 4.87. The molecule has 3 rings (SSSR count). The molecule has 154 valence electrons. The number of halogens is 1. The predicted molar refractivity (Wildman–Crippen MR) is 115 cm³/mol. The first kappa shape index (κ1) is 21.3. The molecule has 2 N–H and O–H groups in total. The molecule has 5 nitrogen and oxygen atoms in total. The van der Waals surface area contributed by atoms with E-state index in [4.69, 9.17) is 16.3 Å². The summed E-state index contributed by atoms with van der Waals surface area (Å²) in [5, 5.41) is 6.06. The SMILES string of the molecule is CC(C)C(NC(=O)c1ccccc1Cl)C(=O)Nc1cccc(COCC2CC2)c1. The fraction of sp³-hybridized carbons (Fsp3) is 0.391. The fourth-order valence-electron chi connectivity index (χ4n) is 2.99. The van der Waals surface area contributed by atoms with Crippen LogP contribution in [0, 0.1) is 11.8 Å². The molecule has 0 heterocycles. The zero-order valence-corrected chi connectivity index (χ0v) is 17.5. The van der Waals surface area contributed by atoms with Gasteiger partial charge in [0.25, 0.3) is 5.91 Å². The molecule has 0 aromatic heterocycles. The van der Waals surface area contributed by atoms with Crippen molar-refractivity contribution >= 4 is 29.1 Å². The van der Waals surface area contributed by atoms with Gasteiger partial charge in [0.2, 0.25) is 5.91 Å². The van der Waals surface area contributed by atoms with Gasteiger partial charge < -0.3 is 15.4 Å². The molecule has 2 amide bonds. The lowest BCUT2D eigenvalue weighted by atomic mass is 10.0. The van der Waals surface area contributed by atoms with Crippen LogP contribution in [0.3, 0.4) is 0 Å². The molecule has 0 spiro atoms. The second kappa shape index (κ2) is 9.90. The summed E-state index contributed by atoms with van der Waals surface area (Å²) in [5.74, 6) is -0.0129. The van der Waals surface area contributed by atoms with E-state index in [1.54, 1.807) is 24.3 Å². The number of hydrogen-bond donors (Lipinski definition) is 2. The summed E-state index contributed by atoms with van der Waals surface area (Å²) in [4.78, 5) is 25.4. The first-order valence-electron chi connectivity index (χ1n) is 9.97. The summed E-state index contributed by atoms with van der Waals surface area (Å²) in [7, 11) is 0. The van der Waals surface area contributed by atoms with Gasteiger partial charge in [-0.3, -0.25) is 9.59 Å². The van der Waals surface area contributed by atoms with E-state index in [1.165, 1.54) is 12.8 Å². The second-order valence-electron chi connectivity index (χ2n) is 7.82. The number of benzene rings is 2. The minimum Gasteiger partial charge on any atom is -0.376 e. The second-order valence-corrected chi connectivity index (χ2v) is 8.23. The summed E-state index contributed by atoms with van der Waals surface area (Å²) in [6.07, 6.45) is 2.51. The Balaban J connectivity index is 1.61. The zero-order valence-electron chi connectivity index (χ0n) is 16.8. The molecule has 0 bridgehead atoms. The molecule has 0 saturated heterocycles. The Labute approximate surface area is 176 Å². The monoisotopic (exact) mass is 414 g/mol. The van der Waals surface area contributed by atoms with Crippen LogP contribution in [0.15, 0.2) is 48.5 Å². The van der Waals surface area contributed by atoms with Crippen LogP contribution in [0.5, 0.6) is 0 Å². The van der Waals surface area contributed by atoms with Gasteiger partial charge in [0.05, 0.1) is 17.2 Å². The summed E-state index contributed by atoms with van der Waals surface area (Å²) in [6.45, 7) is 5.09. The summed E-state index contributed by atoms with van der Waals surface area (Å²) < 4.78 is 5.72. The molecule has 2 aromatic rings. The molecule has 0 aliphatic heterocycles. The minimum absolute atomic E-state index is 0.0912. The van der Waals surface area contributed by atoms with Crippen LogP contribution >= 0.6 is 11.6 Å². The van der Waals surface area contributed by atoms with Crippen molar-refractivity contribution in [3.05, 3.63) is 64.7 Å². The Morgan fingerprint density at radius 2 is 1.90 bits per heavy atom. The molecule has 1 saturated carbocycles. The van der Waals surface area contributed by atoms with Gasteiger partial charge in [-0.15, -0.1) is 0 Å². The van der Waals surface area contributed by atoms with Crippen molar-refractivity contribution in [1.82, 2.24) is 5.32 Å². The third-order valence-corrected chi connectivity index (χ3v) is 5.20. The lowest BCUT2D eigenvalue weighted by Gasteiger charge is -2.22. The van der Waals surface area contributed by atoms with Gasteiger partial charge in [-0.1, -0.05) is 49.7 Å². The number of carbonyl (C=O) groups is 2. The van der Waals surface area contributed by atoms with Crippen molar-refractivity contribution in [3.8, 4) is 0 Å². The van der Waals surface area contributed by atoms with Crippen molar-refractivity contribution in [2.45, 2.75) is 39.3 Å². The molecule has 1 fully saturated rings. The highest BCUT2D eigenvalue weighted by Crippen LogP contribution is 2.29. The maximum atomic E-state index is 12.8. The van der Waals surface area contributed by atoms with Gasteiger partial charge in [-0.25, -0.2) is 0 Å². The van der Waals surface area contributed by atoms with Crippen molar-refractivity contribution in [3.63, 3.8) is 0 Å². The van der Waals surface area contributed by atoms with Crippen molar-refractivity contribution in [1.29, 1.82) is 0 Å². The van der Waals surface area contributed by atoms with Gasteiger partial charge in [0, 0.05) is 12.3 Å². The molecule has 29 heavy (non-hydrogen) atoms. The van der Waals surface area contributed by atoms with E-state index in [1.807, 2.05) is 38.1 Å². The molecular weight excluding hydrogens is 388 g/mol.